The second-order valence-corrected chi connectivity index (χ2v) is 6.67. The minimum Gasteiger partial charge on any atom is -0.491 e. The number of amides is 2. The maximum atomic E-state index is 12.4. The van der Waals surface area contributed by atoms with Gasteiger partial charge in [0.05, 0.1) is 6.61 Å². The number of carbonyl (C=O) groups is 2. The largest absolute Gasteiger partial charge is 0.491 e. The monoisotopic (exact) mass is 464 g/mol. The molecule has 2 aromatic carbocycles. The fourth-order valence-corrected chi connectivity index (χ4v) is 2.68. The molecule has 0 spiro atoms. The lowest BCUT2D eigenvalue weighted by molar-refractivity contribution is -0.124. The molecule has 0 saturated heterocycles. The molecule has 0 bridgehead atoms. The van der Waals surface area contributed by atoms with E-state index >= 15 is 0 Å². The Hall–Kier alpha value is -2.88. The van der Waals surface area contributed by atoms with Crippen molar-refractivity contribution in [3.63, 3.8) is 0 Å². The summed E-state index contributed by atoms with van der Waals surface area (Å²) in [6, 6.07) is 13.9. The summed E-state index contributed by atoms with van der Waals surface area (Å²) in [5, 5.41) is 20.2. The van der Waals surface area contributed by atoms with Gasteiger partial charge in [0, 0.05) is 28.2 Å². The Labute approximate surface area is 176 Å². The van der Waals surface area contributed by atoms with Gasteiger partial charge in [0.15, 0.2) is 0 Å². The van der Waals surface area contributed by atoms with E-state index in [9.17, 15) is 9.59 Å². The molecule has 0 aliphatic heterocycles. The molecule has 0 saturated carbocycles. The predicted molar refractivity (Wildman–Crippen MR) is 110 cm³/mol. The van der Waals surface area contributed by atoms with Gasteiger partial charge in [-0.15, -0.1) is 0 Å². The number of anilines is 1. The third kappa shape index (κ3) is 7.57. The fraction of sp³-hybridized carbons (Fsp3) is 0.200. The summed E-state index contributed by atoms with van der Waals surface area (Å²) in [7, 11) is 0. The van der Waals surface area contributed by atoms with Gasteiger partial charge in [-0.1, -0.05) is 40.2 Å². The Balaban J connectivity index is 2.18. The number of para-hydroxylation sites is 1. The van der Waals surface area contributed by atoms with Crippen LogP contribution < -0.4 is 15.5 Å². The second kappa shape index (κ2) is 11.8. The Kier molecular flexibility index (Phi) is 9.16. The topological polar surface area (TPSA) is 117 Å². The van der Waals surface area contributed by atoms with Crippen LogP contribution in [0.2, 0.25) is 0 Å². The number of hydrogen-bond acceptors (Lipinski definition) is 6. The van der Waals surface area contributed by atoms with E-state index in [0.29, 0.717) is 17.0 Å². The summed E-state index contributed by atoms with van der Waals surface area (Å²) < 4.78 is 11.9. The van der Waals surface area contributed by atoms with Crippen LogP contribution in [0.4, 0.5) is 10.5 Å². The molecule has 0 fully saturated rings. The summed E-state index contributed by atoms with van der Waals surface area (Å²) in [4.78, 5) is 23.6. The molecule has 1 atom stereocenters. The molecule has 2 amide bonds. The van der Waals surface area contributed by atoms with Crippen molar-refractivity contribution in [1.29, 1.82) is 0 Å². The van der Waals surface area contributed by atoms with Gasteiger partial charge < -0.3 is 14.6 Å². The van der Waals surface area contributed by atoms with Gasteiger partial charge in [-0.25, -0.2) is 10.3 Å². The molecule has 0 heterocycles. The summed E-state index contributed by atoms with van der Waals surface area (Å²) in [6.45, 7) is -0.0853. The third-order valence-electron chi connectivity index (χ3n) is 3.68. The molecular formula is C20H21BrN2O6. The van der Waals surface area contributed by atoms with Crippen LogP contribution >= 0.6 is 15.9 Å². The lowest BCUT2D eigenvalue weighted by Crippen LogP contribution is -2.18. The molecule has 0 unspecified atom stereocenters. The Morgan fingerprint density at radius 1 is 1.14 bits per heavy atom. The van der Waals surface area contributed by atoms with Gasteiger partial charge in [-0.3, -0.25) is 15.3 Å². The number of rotatable bonds is 9. The molecule has 9 heteroatoms. The van der Waals surface area contributed by atoms with Crippen LogP contribution in [0.3, 0.4) is 0 Å². The Bertz CT molecular complexity index is 841. The molecule has 8 nitrogen and oxygen atoms in total. The summed E-state index contributed by atoms with van der Waals surface area (Å²) in [5.74, 6) is -0.254. The van der Waals surface area contributed by atoms with Gasteiger partial charge in [-0.2, -0.15) is 0 Å². The van der Waals surface area contributed by atoms with Gasteiger partial charge in [-0.05, 0) is 30.3 Å². The van der Waals surface area contributed by atoms with Crippen LogP contribution in [0.1, 0.15) is 18.1 Å². The highest BCUT2D eigenvalue weighted by molar-refractivity contribution is 9.10. The van der Waals surface area contributed by atoms with Gasteiger partial charge >= 0.3 is 6.09 Å². The van der Waals surface area contributed by atoms with Crippen LogP contribution in [0.25, 0.3) is 0 Å². The smallest absolute Gasteiger partial charge is 0.412 e. The first-order valence-corrected chi connectivity index (χ1v) is 9.49. The summed E-state index contributed by atoms with van der Waals surface area (Å²) >= 11 is 3.32. The first-order chi connectivity index (χ1) is 14.0. The van der Waals surface area contributed by atoms with E-state index in [1.807, 2.05) is 0 Å². The minimum atomic E-state index is -0.775. The number of benzene rings is 2. The maximum absolute atomic E-state index is 12.4. The number of aliphatic hydroxyl groups excluding tert-OH is 1. The van der Waals surface area contributed by atoms with Crippen molar-refractivity contribution in [3.8, 4) is 5.75 Å². The SMILES string of the molecule is O=C(/C=C/C[C@@H](OC(=O)Nc1ccc(Br)cc1)c1ccccc1OCCO)NO. The number of hydrogen-bond donors (Lipinski definition) is 4. The molecule has 0 radical (unpaired) electrons. The molecule has 0 aliphatic carbocycles. The minimum absolute atomic E-state index is 0.0809. The van der Waals surface area contributed by atoms with E-state index in [1.54, 1.807) is 48.5 Å². The van der Waals surface area contributed by atoms with Crippen molar-refractivity contribution in [3.05, 3.63) is 70.7 Å². The number of carbonyl (C=O) groups excluding carboxylic acids is 2. The zero-order valence-electron chi connectivity index (χ0n) is 15.4. The first-order valence-electron chi connectivity index (χ1n) is 8.70. The van der Waals surface area contributed by atoms with E-state index in [4.69, 9.17) is 19.8 Å². The highest BCUT2D eigenvalue weighted by Gasteiger charge is 2.20. The van der Waals surface area contributed by atoms with Crippen LogP contribution in [-0.4, -0.2) is 35.5 Å². The zero-order valence-corrected chi connectivity index (χ0v) is 17.0. The van der Waals surface area contributed by atoms with Crippen molar-refractivity contribution < 1.29 is 29.4 Å². The summed E-state index contributed by atoms with van der Waals surface area (Å²) in [6.07, 6.45) is 1.28. The van der Waals surface area contributed by atoms with Crippen molar-refractivity contribution in [1.82, 2.24) is 5.48 Å². The van der Waals surface area contributed by atoms with E-state index in [2.05, 4.69) is 21.2 Å². The quantitative estimate of drug-likeness (QED) is 0.256. The number of nitrogens with one attached hydrogen (secondary N) is 2. The lowest BCUT2D eigenvalue weighted by atomic mass is 10.0. The average Bonchev–Trinajstić information content (AvgIpc) is 2.73. The standard InChI is InChI=1S/C20H21BrN2O6/c21-14-8-10-15(11-9-14)22-20(26)29-18(6-3-7-19(25)23-27)16-4-1-2-5-17(16)28-13-12-24/h1-5,7-11,18,24,27H,6,12-13H2,(H,22,26)(H,23,25)/b7-3+/t18-/m1/s1. The summed E-state index contributed by atoms with van der Waals surface area (Å²) in [5.41, 5.74) is 2.62. The van der Waals surface area contributed by atoms with Gasteiger partial charge in [0.1, 0.15) is 18.5 Å². The Morgan fingerprint density at radius 3 is 2.55 bits per heavy atom. The van der Waals surface area contributed by atoms with Crippen LogP contribution in [0, 0.1) is 0 Å². The number of ether oxygens (including phenoxy) is 2. The van der Waals surface area contributed by atoms with E-state index in [0.717, 1.165) is 10.5 Å². The van der Waals surface area contributed by atoms with E-state index < -0.39 is 18.1 Å². The van der Waals surface area contributed by atoms with Crippen molar-refractivity contribution in [2.45, 2.75) is 12.5 Å². The third-order valence-corrected chi connectivity index (χ3v) is 4.21. The normalized spacial score (nSPS) is 11.7. The molecule has 29 heavy (non-hydrogen) atoms. The average molecular weight is 465 g/mol. The fourth-order valence-electron chi connectivity index (χ4n) is 2.42. The van der Waals surface area contributed by atoms with E-state index in [-0.39, 0.29) is 19.6 Å². The van der Waals surface area contributed by atoms with Crippen LogP contribution in [-0.2, 0) is 9.53 Å². The molecular weight excluding hydrogens is 444 g/mol. The lowest BCUT2D eigenvalue weighted by Gasteiger charge is -2.20. The van der Waals surface area contributed by atoms with Crippen LogP contribution in [0.15, 0.2) is 65.2 Å². The Morgan fingerprint density at radius 2 is 1.86 bits per heavy atom. The number of halogens is 1. The molecule has 2 aromatic rings. The molecule has 2 rings (SSSR count). The molecule has 154 valence electrons. The zero-order chi connectivity index (χ0) is 21.1. The molecule has 4 N–H and O–H groups in total. The van der Waals surface area contributed by atoms with Crippen molar-refractivity contribution >= 4 is 33.6 Å². The highest BCUT2D eigenvalue weighted by Crippen LogP contribution is 2.31. The first kappa shape index (κ1) is 22.4. The van der Waals surface area contributed by atoms with Gasteiger partial charge in [0.25, 0.3) is 5.91 Å². The van der Waals surface area contributed by atoms with Crippen molar-refractivity contribution in [2.75, 3.05) is 18.5 Å². The number of hydroxylamine groups is 1. The van der Waals surface area contributed by atoms with Crippen LogP contribution in [0.5, 0.6) is 5.75 Å². The highest BCUT2D eigenvalue weighted by atomic mass is 79.9. The van der Waals surface area contributed by atoms with Crippen molar-refractivity contribution in [2.24, 2.45) is 0 Å². The maximum Gasteiger partial charge on any atom is 0.412 e. The predicted octanol–water partition coefficient (Wildman–Crippen LogP) is 3.56. The van der Waals surface area contributed by atoms with E-state index in [1.165, 1.54) is 11.6 Å². The molecule has 0 aromatic heterocycles. The molecule has 0 aliphatic rings. The second-order valence-electron chi connectivity index (χ2n) is 5.75. The number of aliphatic hydroxyl groups is 1. The van der Waals surface area contributed by atoms with Gasteiger partial charge in [0.2, 0.25) is 0 Å².